The van der Waals surface area contributed by atoms with Gasteiger partial charge < -0.3 is 14.2 Å². The van der Waals surface area contributed by atoms with E-state index in [0.29, 0.717) is 29.3 Å². The van der Waals surface area contributed by atoms with Crippen LogP contribution in [-0.2, 0) is 19.1 Å². The molecule has 30 heavy (non-hydrogen) atoms. The number of amides is 1. The first-order valence-corrected chi connectivity index (χ1v) is 10.8. The quantitative estimate of drug-likeness (QED) is 0.747. The van der Waals surface area contributed by atoms with Crippen molar-refractivity contribution in [1.29, 1.82) is 0 Å². The molecule has 7 nitrogen and oxygen atoms in total. The number of methoxy groups -OCH3 is 2. The smallest absolute Gasteiger partial charge is 0.296 e. The number of aromatic nitrogens is 1. The number of anilines is 1. The summed E-state index contributed by atoms with van der Waals surface area (Å²) in [6.07, 6.45) is 3.47. The summed E-state index contributed by atoms with van der Waals surface area (Å²) in [6, 6.07) is 6.87. The minimum atomic E-state index is -0.581. The normalized spacial score (nSPS) is 28.3. The van der Waals surface area contributed by atoms with Gasteiger partial charge in [0.25, 0.3) is 5.91 Å². The molecule has 2 aromatic rings. The van der Waals surface area contributed by atoms with Crippen LogP contribution < -0.4 is 9.64 Å². The summed E-state index contributed by atoms with van der Waals surface area (Å²) in [5.41, 5.74) is 1.23. The summed E-state index contributed by atoms with van der Waals surface area (Å²) < 4.78 is 17.1. The van der Waals surface area contributed by atoms with Crippen LogP contribution in [0.15, 0.2) is 47.2 Å². The minimum Gasteiger partial charge on any atom is -0.497 e. The van der Waals surface area contributed by atoms with Crippen molar-refractivity contribution < 1.29 is 23.8 Å². The lowest BCUT2D eigenvalue weighted by atomic mass is 9.76. The third kappa shape index (κ3) is 2.94. The molecule has 5 rings (SSSR count). The van der Waals surface area contributed by atoms with Gasteiger partial charge in [-0.3, -0.25) is 14.5 Å². The molecule has 1 fully saturated rings. The van der Waals surface area contributed by atoms with Crippen molar-refractivity contribution in [1.82, 2.24) is 4.98 Å². The predicted molar refractivity (Wildman–Crippen MR) is 110 cm³/mol. The number of thiazole rings is 1. The van der Waals surface area contributed by atoms with Crippen LogP contribution in [-0.4, -0.2) is 43.1 Å². The molecule has 156 valence electrons. The van der Waals surface area contributed by atoms with Gasteiger partial charge in [-0.15, -0.1) is 11.3 Å². The molecule has 8 heteroatoms. The summed E-state index contributed by atoms with van der Waals surface area (Å²) in [6.45, 7) is 0. The average molecular weight is 426 g/mol. The second-order valence-corrected chi connectivity index (χ2v) is 8.58. The van der Waals surface area contributed by atoms with Crippen LogP contribution in [0.2, 0.25) is 0 Å². The van der Waals surface area contributed by atoms with Crippen LogP contribution in [0.25, 0.3) is 0 Å². The van der Waals surface area contributed by atoms with E-state index in [1.165, 1.54) is 11.3 Å². The van der Waals surface area contributed by atoms with E-state index in [2.05, 4.69) is 4.98 Å². The monoisotopic (exact) mass is 426 g/mol. The number of carbonyl (C=O) groups excluding carboxylic acids is 2. The number of benzene rings is 1. The highest BCUT2D eigenvalue weighted by Crippen LogP contribution is 2.49. The average Bonchev–Trinajstić information content (AvgIpc) is 3.40. The van der Waals surface area contributed by atoms with Crippen molar-refractivity contribution in [2.45, 2.75) is 37.5 Å². The molecule has 0 spiro atoms. The minimum absolute atomic E-state index is 0.00368. The molecule has 4 unspecified atom stereocenters. The number of hydrogen-bond donors (Lipinski definition) is 0. The van der Waals surface area contributed by atoms with Crippen LogP contribution in [0.3, 0.4) is 0 Å². The van der Waals surface area contributed by atoms with Crippen LogP contribution in [0.1, 0.15) is 30.9 Å². The Kier molecular flexibility index (Phi) is 4.83. The summed E-state index contributed by atoms with van der Waals surface area (Å²) in [7, 11) is 3.26. The van der Waals surface area contributed by atoms with Gasteiger partial charge in [-0.1, -0.05) is 12.1 Å². The van der Waals surface area contributed by atoms with Gasteiger partial charge in [0, 0.05) is 25.1 Å². The molecule has 1 aliphatic carbocycles. The van der Waals surface area contributed by atoms with Crippen LogP contribution in [0.5, 0.6) is 5.75 Å². The van der Waals surface area contributed by atoms with E-state index in [0.717, 1.165) is 12.0 Å². The zero-order valence-corrected chi connectivity index (χ0v) is 17.6. The van der Waals surface area contributed by atoms with E-state index in [1.54, 1.807) is 25.3 Å². The first kappa shape index (κ1) is 19.3. The van der Waals surface area contributed by atoms with Crippen LogP contribution in [0.4, 0.5) is 5.13 Å². The number of ketones is 1. The Morgan fingerprint density at radius 3 is 2.83 bits per heavy atom. The molecule has 4 atom stereocenters. The SMILES string of the molecule is COc1cccc(C2C3=C(OC4CC(OC)CCC4C3=O)C(=O)N2c2nccs2)c1. The Labute approximate surface area is 178 Å². The number of carbonyl (C=O) groups is 2. The van der Waals surface area contributed by atoms with Crippen molar-refractivity contribution in [2.24, 2.45) is 5.92 Å². The summed E-state index contributed by atoms with van der Waals surface area (Å²) in [4.78, 5) is 33.0. The van der Waals surface area contributed by atoms with Gasteiger partial charge in [-0.05, 0) is 30.5 Å². The Bertz CT molecular complexity index is 1020. The fourth-order valence-electron chi connectivity index (χ4n) is 4.70. The molecule has 0 bridgehead atoms. The van der Waals surface area contributed by atoms with E-state index < -0.39 is 6.04 Å². The van der Waals surface area contributed by atoms with Crippen molar-refractivity contribution in [3.63, 3.8) is 0 Å². The van der Waals surface area contributed by atoms with Gasteiger partial charge in [0.15, 0.2) is 16.7 Å². The maximum atomic E-state index is 13.6. The number of rotatable bonds is 4. The largest absolute Gasteiger partial charge is 0.497 e. The zero-order chi connectivity index (χ0) is 20.8. The number of hydrogen-bond acceptors (Lipinski definition) is 7. The maximum absolute atomic E-state index is 13.6. The molecule has 1 amide bonds. The van der Waals surface area contributed by atoms with Crippen molar-refractivity contribution in [2.75, 3.05) is 19.1 Å². The molecular weight excluding hydrogens is 404 g/mol. The summed E-state index contributed by atoms with van der Waals surface area (Å²) >= 11 is 1.36. The Hall–Kier alpha value is -2.71. The highest BCUT2D eigenvalue weighted by atomic mass is 32.1. The second kappa shape index (κ2) is 7.52. The lowest BCUT2D eigenvalue weighted by Crippen LogP contribution is -2.43. The van der Waals surface area contributed by atoms with E-state index in [1.807, 2.05) is 29.6 Å². The van der Waals surface area contributed by atoms with Gasteiger partial charge in [0.2, 0.25) is 0 Å². The lowest BCUT2D eigenvalue weighted by molar-refractivity contribution is -0.135. The highest BCUT2D eigenvalue weighted by Gasteiger charge is 2.53. The fraction of sp³-hybridized carbons (Fsp3) is 0.409. The van der Waals surface area contributed by atoms with Gasteiger partial charge in [-0.2, -0.15) is 0 Å². The van der Waals surface area contributed by atoms with Crippen molar-refractivity contribution >= 4 is 28.2 Å². The third-order valence-electron chi connectivity index (χ3n) is 6.17. The van der Waals surface area contributed by atoms with E-state index >= 15 is 0 Å². The third-order valence-corrected chi connectivity index (χ3v) is 6.94. The molecular formula is C22H22N2O5S. The molecule has 0 N–H and O–H groups in total. The van der Waals surface area contributed by atoms with Gasteiger partial charge in [0.05, 0.1) is 30.7 Å². The first-order chi connectivity index (χ1) is 14.6. The van der Waals surface area contributed by atoms with E-state index in [4.69, 9.17) is 14.2 Å². The van der Waals surface area contributed by atoms with E-state index in [-0.39, 0.29) is 35.6 Å². The number of ether oxygens (including phenoxy) is 3. The summed E-state index contributed by atoms with van der Waals surface area (Å²) in [5.74, 6) is 0.235. The Balaban J connectivity index is 1.61. The summed E-state index contributed by atoms with van der Waals surface area (Å²) in [5, 5.41) is 2.35. The second-order valence-electron chi connectivity index (χ2n) is 7.71. The zero-order valence-electron chi connectivity index (χ0n) is 16.7. The molecule has 1 saturated carbocycles. The molecule has 0 saturated heterocycles. The van der Waals surface area contributed by atoms with Gasteiger partial charge >= 0.3 is 0 Å². The Morgan fingerprint density at radius 1 is 1.23 bits per heavy atom. The highest BCUT2D eigenvalue weighted by molar-refractivity contribution is 7.13. The van der Waals surface area contributed by atoms with Crippen molar-refractivity contribution in [3.8, 4) is 5.75 Å². The van der Waals surface area contributed by atoms with Gasteiger partial charge in [0.1, 0.15) is 11.9 Å². The molecule has 2 aliphatic heterocycles. The molecule has 0 radical (unpaired) electrons. The Morgan fingerprint density at radius 2 is 2.10 bits per heavy atom. The predicted octanol–water partition coefficient (Wildman–Crippen LogP) is 3.28. The molecule has 1 aromatic carbocycles. The fourth-order valence-corrected chi connectivity index (χ4v) is 5.37. The van der Waals surface area contributed by atoms with E-state index in [9.17, 15) is 9.59 Å². The molecule has 3 heterocycles. The van der Waals surface area contributed by atoms with Crippen molar-refractivity contribution in [3.05, 3.63) is 52.7 Å². The number of Topliss-reactive ketones (excluding diaryl/α,β-unsaturated/α-hetero) is 1. The van der Waals surface area contributed by atoms with Crippen LogP contribution in [0, 0.1) is 5.92 Å². The lowest BCUT2D eigenvalue weighted by Gasteiger charge is -2.38. The number of nitrogens with zero attached hydrogens (tertiary/aromatic N) is 2. The molecule has 3 aliphatic rings. The topological polar surface area (TPSA) is 78.0 Å². The van der Waals surface area contributed by atoms with Gasteiger partial charge in [-0.25, -0.2) is 4.98 Å². The molecule has 1 aromatic heterocycles. The first-order valence-electron chi connectivity index (χ1n) is 9.97. The maximum Gasteiger partial charge on any atom is 0.296 e. The number of fused-ring (bicyclic) bond motifs is 1. The van der Waals surface area contributed by atoms with Crippen LogP contribution >= 0.6 is 11.3 Å². The standard InChI is InChI=1S/C22H22N2O5S/c1-27-13-5-3-4-12(10-13)18-17-19(25)15-7-6-14(28-2)11-16(15)29-20(17)21(26)24(18)22-23-8-9-30-22/h3-5,8-10,14-16,18H,6-7,11H2,1-2H3.